The van der Waals surface area contributed by atoms with E-state index in [1.54, 1.807) is 13.8 Å². The Hall–Kier alpha value is -2.11. The number of halogens is 1. The number of nitrogens with zero attached hydrogens (tertiary/aromatic N) is 2. The van der Waals surface area contributed by atoms with E-state index in [-0.39, 0.29) is 0 Å². The Morgan fingerprint density at radius 1 is 1.08 bits per heavy atom. The van der Waals surface area contributed by atoms with Crippen LogP contribution in [0.25, 0.3) is 5.69 Å². The van der Waals surface area contributed by atoms with Gasteiger partial charge in [-0.2, -0.15) is 5.10 Å². The predicted octanol–water partition coefficient (Wildman–Crippen LogP) is 4.44. The van der Waals surface area contributed by atoms with Crippen LogP contribution in [0.5, 0.6) is 5.75 Å². The summed E-state index contributed by atoms with van der Waals surface area (Å²) in [6, 6.07) is 19.4. The van der Waals surface area contributed by atoms with E-state index in [1.165, 1.54) is 0 Å². The monoisotopic (exact) mass is 386 g/mol. The highest BCUT2D eigenvalue weighted by molar-refractivity contribution is 9.10. The second-order valence-corrected chi connectivity index (χ2v) is 6.99. The van der Waals surface area contributed by atoms with Crippen LogP contribution >= 0.6 is 15.9 Å². The van der Waals surface area contributed by atoms with E-state index in [4.69, 9.17) is 4.74 Å². The lowest BCUT2D eigenvalue weighted by Gasteiger charge is -2.13. The molecule has 1 N–H and O–H groups in total. The van der Waals surface area contributed by atoms with Crippen LogP contribution in [-0.4, -0.2) is 14.9 Å². The molecular formula is C19H19BrN2O2. The lowest BCUT2D eigenvalue weighted by Crippen LogP contribution is -2.16. The number of hydrogen-bond donors (Lipinski definition) is 1. The van der Waals surface area contributed by atoms with Crippen molar-refractivity contribution in [1.29, 1.82) is 0 Å². The Morgan fingerprint density at radius 2 is 1.75 bits per heavy atom. The van der Waals surface area contributed by atoms with E-state index in [0.717, 1.165) is 21.6 Å². The van der Waals surface area contributed by atoms with E-state index in [9.17, 15) is 5.11 Å². The van der Waals surface area contributed by atoms with Crippen LogP contribution < -0.4 is 4.74 Å². The summed E-state index contributed by atoms with van der Waals surface area (Å²) in [6.07, 6.45) is 0. The van der Waals surface area contributed by atoms with Crippen molar-refractivity contribution in [2.45, 2.75) is 26.1 Å². The Morgan fingerprint density at radius 3 is 2.38 bits per heavy atom. The molecule has 0 saturated heterocycles. The number of rotatable bonds is 5. The number of ether oxygens (including phenoxy) is 1. The first kappa shape index (κ1) is 16.7. The van der Waals surface area contributed by atoms with Crippen LogP contribution in [0.4, 0.5) is 0 Å². The first-order valence-electron chi connectivity index (χ1n) is 7.69. The maximum Gasteiger partial charge on any atom is 0.130 e. The van der Waals surface area contributed by atoms with Gasteiger partial charge >= 0.3 is 0 Å². The van der Waals surface area contributed by atoms with Gasteiger partial charge in [0.15, 0.2) is 0 Å². The van der Waals surface area contributed by atoms with E-state index in [1.807, 2.05) is 65.3 Å². The van der Waals surface area contributed by atoms with Gasteiger partial charge in [-0.05, 0) is 56.3 Å². The molecule has 0 spiro atoms. The zero-order valence-corrected chi connectivity index (χ0v) is 15.2. The van der Waals surface area contributed by atoms with Gasteiger partial charge in [0.1, 0.15) is 18.0 Å². The van der Waals surface area contributed by atoms with Crippen molar-refractivity contribution >= 4 is 15.9 Å². The van der Waals surface area contributed by atoms with Gasteiger partial charge < -0.3 is 9.84 Å². The molecule has 3 rings (SSSR count). The smallest absolute Gasteiger partial charge is 0.130 e. The van der Waals surface area contributed by atoms with Gasteiger partial charge in [-0.15, -0.1) is 0 Å². The average Bonchev–Trinajstić information content (AvgIpc) is 3.00. The molecule has 0 aliphatic carbocycles. The molecule has 0 radical (unpaired) electrons. The lowest BCUT2D eigenvalue weighted by molar-refractivity contribution is 0.0734. The Kier molecular flexibility index (Phi) is 4.73. The number of hydrogen-bond acceptors (Lipinski definition) is 3. The first-order valence-corrected chi connectivity index (χ1v) is 8.48. The fourth-order valence-corrected chi connectivity index (χ4v) is 2.57. The van der Waals surface area contributed by atoms with Crippen LogP contribution in [0, 0.1) is 0 Å². The second-order valence-electron chi connectivity index (χ2n) is 6.07. The number of aliphatic hydroxyl groups is 1. The molecule has 124 valence electrons. The fraction of sp³-hybridized carbons (Fsp3) is 0.211. The summed E-state index contributed by atoms with van der Waals surface area (Å²) in [5.41, 5.74) is 1.41. The summed E-state index contributed by atoms with van der Waals surface area (Å²) in [5.74, 6) is 0.781. The largest absolute Gasteiger partial charge is 0.487 e. The zero-order chi connectivity index (χ0) is 17.2. The molecule has 0 aliphatic heterocycles. The van der Waals surface area contributed by atoms with E-state index in [2.05, 4.69) is 21.0 Å². The summed E-state index contributed by atoms with van der Waals surface area (Å²) in [4.78, 5) is 0. The minimum Gasteiger partial charge on any atom is -0.487 e. The van der Waals surface area contributed by atoms with Gasteiger partial charge in [0.2, 0.25) is 0 Å². The average molecular weight is 387 g/mol. The topological polar surface area (TPSA) is 47.3 Å². The number of para-hydroxylation sites is 1. The standard InChI is InChI=1S/C19H19BrN2O2/c1-19(2,23)18-12-16(13-24-17-10-8-14(20)9-11-17)22(21-18)15-6-4-3-5-7-15/h3-12,23H,13H2,1-2H3. The van der Waals surface area contributed by atoms with Crippen LogP contribution in [0.1, 0.15) is 25.2 Å². The van der Waals surface area contributed by atoms with Crippen molar-refractivity contribution in [3.05, 3.63) is 76.5 Å². The van der Waals surface area contributed by atoms with Gasteiger partial charge in [-0.25, -0.2) is 4.68 Å². The van der Waals surface area contributed by atoms with Crippen LogP contribution in [0.3, 0.4) is 0 Å². The fourth-order valence-electron chi connectivity index (χ4n) is 2.30. The molecule has 0 amide bonds. The number of aromatic nitrogens is 2. The summed E-state index contributed by atoms with van der Waals surface area (Å²) in [6.45, 7) is 3.81. The van der Waals surface area contributed by atoms with Crippen molar-refractivity contribution in [3.63, 3.8) is 0 Å². The molecule has 0 aliphatic rings. The summed E-state index contributed by atoms with van der Waals surface area (Å²) < 4.78 is 8.69. The highest BCUT2D eigenvalue weighted by Crippen LogP contribution is 2.23. The van der Waals surface area contributed by atoms with Crippen LogP contribution in [0.15, 0.2) is 65.1 Å². The minimum absolute atomic E-state index is 0.361. The van der Waals surface area contributed by atoms with Crippen LogP contribution in [0.2, 0.25) is 0 Å². The molecule has 0 saturated carbocycles. The van der Waals surface area contributed by atoms with Gasteiger partial charge in [0, 0.05) is 4.47 Å². The molecule has 0 fully saturated rings. The van der Waals surface area contributed by atoms with Gasteiger partial charge in [-0.1, -0.05) is 34.1 Å². The SMILES string of the molecule is CC(C)(O)c1cc(COc2ccc(Br)cc2)n(-c2ccccc2)n1. The molecule has 24 heavy (non-hydrogen) atoms. The molecular weight excluding hydrogens is 368 g/mol. The molecule has 1 heterocycles. The molecule has 2 aromatic carbocycles. The van der Waals surface area contributed by atoms with Gasteiger partial charge in [0.25, 0.3) is 0 Å². The highest BCUT2D eigenvalue weighted by Gasteiger charge is 2.22. The Balaban J connectivity index is 1.90. The lowest BCUT2D eigenvalue weighted by atomic mass is 10.1. The van der Waals surface area contributed by atoms with Gasteiger partial charge in [0.05, 0.1) is 17.1 Å². The zero-order valence-electron chi connectivity index (χ0n) is 13.6. The maximum atomic E-state index is 10.3. The maximum absolute atomic E-state index is 10.3. The Bertz CT molecular complexity index is 806. The molecule has 1 aromatic heterocycles. The third-order valence-electron chi connectivity index (χ3n) is 3.61. The molecule has 0 unspecified atom stereocenters. The predicted molar refractivity (Wildman–Crippen MR) is 97.3 cm³/mol. The van der Waals surface area contributed by atoms with E-state index < -0.39 is 5.60 Å². The van der Waals surface area contributed by atoms with Crippen molar-refractivity contribution in [2.75, 3.05) is 0 Å². The van der Waals surface area contributed by atoms with E-state index >= 15 is 0 Å². The third kappa shape index (κ3) is 3.86. The van der Waals surface area contributed by atoms with Crippen molar-refractivity contribution < 1.29 is 9.84 Å². The quantitative estimate of drug-likeness (QED) is 0.704. The summed E-state index contributed by atoms with van der Waals surface area (Å²) in [7, 11) is 0. The van der Waals surface area contributed by atoms with Crippen molar-refractivity contribution in [2.24, 2.45) is 0 Å². The van der Waals surface area contributed by atoms with Crippen molar-refractivity contribution in [3.8, 4) is 11.4 Å². The first-order chi connectivity index (χ1) is 11.4. The summed E-state index contributed by atoms with van der Waals surface area (Å²) >= 11 is 3.41. The second kappa shape index (κ2) is 6.79. The number of benzene rings is 2. The minimum atomic E-state index is -1.01. The summed E-state index contributed by atoms with van der Waals surface area (Å²) in [5, 5.41) is 14.8. The molecule has 3 aromatic rings. The van der Waals surface area contributed by atoms with E-state index in [0.29, 0.717) is 12.3 Å². The molecule has 4 nitrogen and oxygen atoms in total. The molecule has 0 atom stereocenters. The third-order valence-corrected chi connectivity index (χ3v) is 4.14. The molecule has 0 bridgehead atoms. The van der Waals surface area contributed by atoms with Crippen LogP contribution in [-0.2, 0) is 12.2 Å². The highest BCUT2D eigenvalue weighted by atomic mass is 79.9. The normalized spacial score (nSPS) is 11.5. The molecule has 5 heteroatoms. The Labute approximate surface area is 149 Å². The van der Waals surface area contributed by atoms with Gasteiger partial charge in [-0.3, -0.25) is 0 Å². The van der Waals surface area contributed by atoms with Crippen molar-refractivity contribution in [1.82, 2.24) is 9.78 Å².